The summed E-state index contributed by atoms with van der Waals surface area (Å²) in [7, 11) is 5.48. The largest absolute Gasteiger partial charge is 0.496 e. The van der Waals surface area contributed by atoms with Gasteiger partial charge in [0.05, 0.1) is 28.4 Å². The van der Waals surface area contributed by atoms with Crippen LogP contribution < -0.4 is 9.47 Å². The zero-order valence-corrected chi connectivity index (χ0v) is 17.1. The zero-order valence-electron chi connectivity index (χ0n) is 17.1. The van der Waals surface area contributed by atoms with E-state index in [1.807, 2.05) is 0 Å². The highest BCUT2D eigenvalue weighted by molar-refractivity contribution is 6.04. The lowest BCUT2D eigenvalue weighted by Gasteiger charge is -2.07. The Hall–Kier alpha value is -3.87. The molecule has 7 nitrogen and oxygen atoms in total. The molecular weight excluding hydrogens is 388 g/mol. The van der Waals surface area contributed by atoms with Crippen LogP contribution in [0.2, 0.25) is 0 Å². The van der Waals surface area contributed by atoms with Crippen molar-refractivity contribution in [1.29, 1.82) is 0 Å². The predicted octanol–water partition coefficient (Wildman–Crippen LogP) is 3.57. The highest BCUT2D eigenvalue weighted by Gasteiger charge is 2.13. The summed E-state index contributed by atoms with van der Waals surface area (Å²) in [5, 5.41) is 0. The van der Waals surface area contributed by atoms with Crippen molar-refractivity contribution in [3.8, 4) is 11.5 Å². The van der Waals surface area contributed by atoms with Crippen molar-refractivity contribution in [2.24, 2.45) is 0 Å². The van der Waals surface area contributed by atoms with E-state index in [0.717, 1.165) is 0 Å². The third-order valence-corrected chi connectivity index (χ3v) is 4.14. The van der Waals surface area contributed by atoms with Crippen LogP contribution >= 0.6 is 0 Å². The van der Waals surface area contributed by atoms with Crippen molar-refractivity contribution in [2.45, 2.75) is 0 Å². The van der Waals surface area contributed by atoms with E-state index in [9.17, 15) is 14.4 Å². The number of carbonyl (C=O) groups excluding carboxylic acids is 3. The van der Waals surface area contributed by atoms with Gasteiger partial charge in [0.2, 0.25) is 0 Å². The Balaban J connectivity index is 2.13. The molecule has 0 aliphatic heterocycles. The van der Waals surface area contributed by atoms with Crippen LogP contribution in [-0.2, 0) is 14.3 Å². The molecule has 0 N–H and O–H groups in total. The van der Waals surface area contributed by atoms with Crippen LogP contribution in [0.5, 0.6) is 11.5 Å². The number of ketones is 1. The number of hydrogen-bond acceptors (Lipinski definition) is 7. The SMILES string of the molecule is COC(=O)c1ccc(C=CC(=O)C=Cc2ccc(C(=O)OC)c(OC)c2)cc1OC. The molecule has 0 fully saturated rings. The van der Waals surface area contributed by atoms with E-state index in [1.54, 1.807) is 48.6 Å². The second-order valence-electron chi connectivity index (χ2n) is 5.97. The van der Waals surface area contributed by atoms with Gasteiger partial charge in [0.25, 0.3) is 0 Å². The lowest BCUT2D eigenvalue weighted by Crippen LogP contribution is -2.04. The molecule has 0 atom stereocenters. The minimum Gasteiger partial charge on any atom is -0.496 e. The van der Waals surface area contributed by atoms with E-state index in [0.29, 0.717) is 33.8 Å². The first-order chi connectivity index (χ1) is 14.4. The van der Waals surface area contributed by atoms with Gasteiger partial charge in [0.15, 0.2) is 5.78 Å². The fourth-order valence-corrected chi connectivity index (χ4v) is 2.59. The summed E-state index contributed by atoms with van der Waals surface area (Å²) in [4.78, 5) is 35.5. The van der Waals surface area contributed by atoms with E-state index in [4.69, 9.17) is 18.9 Å². The first-order valence-corrected chi connectivity index (χ1v) is 8.86. The van der Waals surface area contributed by atoms with Crippen molar-refractivity contribution in [2.75, 3.05) is 28.4 Å². The number of allylic oxidation sites excluding steroid dienone is 2. The highest BCUT2D eigenvalue weighted by Crippen LogP contribution is 2.23. The topological polar surface area (TPSA) is 88.1 Å². The molecule has 0 aromatic heterocycles. The monoisotopic (exact) mass is 410 g/mol. The average molecular weight is 410 g/mol. The summed E-state index contributed by atoms with van der Waals surface area (Å²) in [5.41, 5.74) is 1.97. The van der Waals surface area contributed by atoms with Crippen LogP contribution in [0.1, 0.15) is 31.8 Å². The number of esters is 2. The van der Waals surface area contributed by atoms with E-state index < -0.39 is 11.9 Å². The van der Waals surface area contributed by atoms with Crippen molar-refractivity contribution < 1.29 is 33.3 Å². The molecule has 0 bridgehead atoms. The van der Waals surface area contributed by atoms with Gasteiger partial charge < -0.3 is 18.9 Å². The summed E-state index contributed by atoms with van der Waals surface area (Å²) in [6.45, 7) is 0. The van der Waals surface area contributed by atoms with Crippen molar-refractivity contribution in [1.82, 2.24) is 0 Å². The standard InChI is InChI=1S/C23H22O7/c1-27-20-13-15(7-11-18(20)22(25)29-3)5-9-17(24)10-6-16-8-12-19(23(26)30-4)21(14-16)28-2/h5-14H,1-4H3. The number of rotatable bonds is 8. The molecule has 0 spiro atoms. The number of ether oxygens (including phenoxy) is 4. The minimum absolute atomic E-state index is 0.248. The molecule has 0 saturated heterocycles. The molecule has 7 heteroatoms. The van der Waals surface area contributed by atoms with Crippen LogP contribution in [0.25, 0.3) is 12.2 Å². The molecule has 2 aromatic carbocycles. The van der Waals surface area contributed by atoms with E-state index >= 15 is 0 Å². The molecule has 0 radical (unpaired) electrons. The normalized spacial score (nSPS) is 10.8. The Morgan fingerprint density at radius 3 is 1.40 bits per heavy atom. The quantitative estimate of drug-likeness (QED) is 0.485. The van der Waals surface area contributed by atoms with Crippen LogP contribution in [-0.4, -0.2) is 46.2 Å². The molecule has 0 amide bonds. The first kappa shape index (κ1) is 22.4. The van der Waals surface area contributed by atoms with Gasteiger partial charge >= 0.3 is 11.9 Å². The van der Waals surface area contributed by atoms with E-state index in [-0.39, 0.29) is 5.78 Å². The summed E-state index contributed by atoms with van der Waals surface area (Å²) >= 11 is 0. The molecule has 0 aliphatic rings. The number of methoxy groups -OCH3 is 4. The fraction of sp³-hybridized carbons (Fsp3) is 0.174. The Morgan fingerprint density at radius 1 is 0.667 bits per heavy atom. The summed E-state index contributed by atoms with van der Waals surface area (Å²) < 4.78 is 19.8. The molecule has 2 aromatic rings. The third-order valence-electron chi connectivity index (χ3n) is 4.14. The van der Waals surface area contributed by atoms with Crippen LogP contribution in [0.3, 0.4) is 0 Å². The third kappa shape index (κ3) is 5.57. The maximum Gasteiger partial charge on any atom is 0.341 e. The zero-order chi connectivity index (χ0) is 22.1. The van der Waals surface area contributed by atoms with Crippen molar-refractivity contribution in [3.05, 3.63) is 70.8 Å². The Labute approximate surface area is 174 Å². The first-order valence-electron chi connectivity index (χ1n) is 8.86. The molecule has 0 saturated carbocycles. The molecule has 30 heavy (non-hydrogen) atoms. The van der Waals surface area contributed by atoms with Gasteiger partial charge in [-0.2, -0.15) is 0 Å². The molecule has 2 rings (SSSR count). The van der Waals surface area contributed by atoms with Gasteiger partial charge in [-0.25, -0.2) is 9.59 Å². The second kappa shape index (κ2) is 10.6. The maximum absolute atomic E-state index is 12.2. The highest BCUT2D eigenvalue weighted by atomic mass is 16.5. The molecular formula is C23H22O7. The van der Waals surface area contributed by atoms with E-state index in [2.05, 4.69) is 0 Å². The lowest BCUT2D eigenvalue weighted by atomic mass is 10.1. The Morgan fingerprint density at radius 2 is 1.07 bits per heavy atom. The smallest absolute Gasteiger partial charge is 0.341 e. The van der Waals surface area contributed by atoms with Crippen LogP contribution in [0.15, 0.2) is 48.6 Å². The Bertz CT molecular complexity index is 923. The molecule has 0 aliphatic carbocycles. The Kier molecular flexibility index (Phi) is 7.93. The van der Waals surface area contributed by atoms with Crippen LogP contribution in [0, 0.1) is 0 Å². The second-order valence-corrected chi connectivity index (χ2v) is 5.97. The summed E-state index contributed by atoms with van der Waals surface area (Å²) in [6.07, 6.45) is 6.00. The predicted molar refractivity (Wildman–Crippen MR) is 112 cm³/mol. The van der Waals surface area contributed by atoms with E-state index in [1.165, 1.54) is 40.6 Å². The van der Waals surface area contributed by atoms with Gasteiger partial charge in [-0.15, -0.1) is 0 Å². The number of hydrogen-bond donors (Lipinski definition) is 0. The average Bonchev–Trinajstić information content (AvgIpc) is 2.79. The van der Waals surface area contributed by atoms with Crippen molar-refractivity contribution in [3.63, 3.8) is 0 Å². The van der Waals surface area contributed by atoms with Gasteiger partial charge in [0.1, 0.15) is 22.6 Å². The molecule has 156 valence electrons. The fourth-order valence-electron chi connectivity index (χ4n) is 2.59. The number of carbonyl (C=O) groups is 3. The minimum atomic E-state index is -0.505. The summed E-state index contributed by atoms with van der Waals surface area (Å²) in [5.74, 6) is -0.554. The van der Waals surface area contributed by atoms with Crippen LogP contribution in [0.4, 0.5) is 0 Å². The number of benzene rings is 2. The van der Waals surface area contributed by atoms with Crippen molar-refractivity contribution >= 4 is 29.9 Å². The molecule has 0 unspecified atom stereocenters. The summed E-state index contributed by atoms with van der Waals surface area (Å²) in [6, 6.07) is 9.77. The van der Waals surface area contributed by atoms with Gasteiger partial charge in [-0.1, -0.05) is 24.3 Å². The lowest BCUT2D eigenvalue weighted by molar-refractivity contribution is -0.110. The van der Waals surface area contributed by atoms with Gasteiger partial charge in [-0.3, -0.25) is 4.79 Å². The van der Waals surface area contributed by atoms with Gasteiger partial charge in [0, 0.05) is 0 Å². The maximum atomic E-state index is 12.2. The van der Waals surface area contributed by atoms with Gasteiger partial charge in [-0.05, 0) is 47.5 Å². The molecule has 0 heterocycles.